The first kappa shape index (κ1) is 81.4. The maximum atomic E-state index is 13.6. The first-order valence-electron chi connectivity index (χ1n) is 34.9. The number of quaternary nitrogens is 1. The molecule has 0 saturated carbocycles. The van der Waals surface area contributed by atoms with Crippen LogP contribution in [-0.2, 0) is 27.9 Å². The third kappa shape index (κ3) is 64.7. The summed E-state index contributed by atoms with van der Waals surface area (Å²) in [5, 5.41) is 3.06. The van der Waals surface area contributed by atoms with Gasteiger partial charge in [0.15, 0.2) is 0 Å². The lowest BCUT2D eigenvalue weighted by molar-refractivity contribution is -0.870. The quantitative estimate of drug-likeness (QED) is 0.0205. The van der Waals surface area contributed by atoms with Crippen molar-refractivity contribution >= 4 is 19.7 Å². The van der Waals surface area contributed by atoms with Crippen LogP contribution in [0.4, 0.5) is 0 Å². The molecule has 0 aliphatic rings. The van der Waals surface area contributed by atoms with Crippen molar-refractivity contribution in [3.05, 3.63) is 122 Å². The van der Waals surface area contributed by atoms with Crippen LogP contribution in [0.3, 0.4) is 0 Å². The Bertz CT molecular complexity index is 1870. The van der Waals surface area contributed by atoms with E-state index in [9.17, 15) is 19.0 Å². The van der Waals surface area contributed by atoms with Gasteiger partial charge in [0.1, 0.15) is 19.3 Å². The largest absolute Gasteiger partial charge is 0.472 e. The Labute approximate surface area is 524 Å². The predicted octanol–water partition coefficient (Wildman–Crippen LogP) is 22.2. The topological polar surface area (TPSA) is 111 Å². The van der Waals surface area contributed by atoms with Crippen molar-refractivity contribution in [1.82, 2.24) is 5.32 Å². The number of unbranched alkanes of at least 4 members (excludes halogenated alkanes) is 28. The lowest BCUT2D eigenvalue weighted by Gasteiger charge is -2.27. The van der Waals surface area contributed by atoms with Crippen molar-refractivity contribution in [3.63, 3.8) is 0 Å². The molecule has 0 aromatic rings. The number of ether oxygens (including phenoxy) is 1. The van der Waals surface area contributed by atoms with Gasteiger partial charge in [0.25, 0.3) is 0 Å². The molecule has 0 rings (SSSR count). The van der Waals surface area contributed by atoms with Gasteiger partial charge in [0, 0.05) is 12.8 Å². The highest BCUT2D eigenvalue weighted by molar-refractivity contribution is 7.47. The Kier molecular flexibility index (Phi) is 60.8. The first-order valence-corrected chi connectivity index (χ1v) is 36.4. The van der Waals surface area contributed by atoms with Crippen molar-refractivity contribution in [2.45, 2.75) is 303 Å². The van der Waals surface area contributed by atoms with Gasteiger partial charge in [-0.1, -0.05) is 277 Å². The molecule has 0 heterocycles. The Balaban J connectivity index is 5.21. The van der Waals surface area contributed by atoms with Crippen LogP contribution in [0.5, 0.6) is 0 Å². The minimum absolute atomic E-state index is 0.0297. The fourth-order valence-electron chi connectivity index (χ4n) is 9.54. The lowest BCUT2D eigenvalue weighted by Crippen LogP contribution is -2.47. The van der Waals surface area contributed by atoms with Crippen molar-refractivity contribution in [2.75, 3.05) is 40.9 Å². The van der Waals surface area contributed by atoms with Crippen LogP contribution in [0.15, 0.2) is 122 Å². The van der Waals surface area contributed by atoms with Gasteiger partial charge in [0.2, 0.25) is 5.91 Å². The normalized spacial score (nSPS) is 14.3. The number of nitrogens with one attached hydrogen (secondary N) is 1. The number of carbonyl (C=O) groups is 2. The fourth-order valence-corrected chi connectivity index (χ4v) is 10.3. The SMILES string of the molecule is CC/C=C\C/C=C\C/C=C\C/C=C\C/C=C\C/C=C\CCCCCCCCC(=O)NC(COP(=O)(O)OCC[N+](C)(C)C)C(/C=C\CCCCCCCCCCCCC)OC(=O)CCCCCCCCCC/C=C\C/C=C\C/C=C\CCCCC. The molecule has 2 N–H and O–H groups in total. The molecule has 0 bridgehead atoms. The maximum Gasteiger partial charge on any atom is 0.472 e. The van der Waals surface area contributed by atoms with Crippen LogP contribution < -0.4 is 5.32 Å². The second-order valence-corrected chi connectivity index (χ2v) is 25.8. The van der Waals surface area contributed by atoms with E-state index in [-0.39, 0.29) is 31.5 Å². The van der Waals surface area contributed by atoms with Gasteiger partial charge in [-0.25, -0.2) is 4.57 Å². The zero-order valence-electron chi connectivity index (χ0n) is 55.8. The van der Waals surface area contributed by atoms with Crippen molar-refractivity contribution < 1.29 is 37.3 Å². The molecule has 0 aromatic carbocycles. The molecule has 0 aromatic heterocycles. The summed E-state index contributed by atoms with van der Waals surface area (Å²) < 4.78 is 30.8. The minimum Gasteiger partial charge on any atom is -0.456 e. The Morgan fingerprint density at radius 1 is 0.424 bits per heavy atom. The molecule has 488 valence electrons. The summed E-state index contributed by atoms with van der Waals surface area (Å²) in [5.41, 5.74) is 0. The molecule has 0 radical (unpaired) electrons. The summed E-state index contributed by atoms with van der Waals surface area (Å²) >= 11 is 0. The van der Waals surface area contributed by atoms with E-state index >= 15 is 0 Å². The second kappa shape index (κ2) is 63.4. The predicted molar refractivity (Wildman–Crippen MR) is 369 cm³/mol. The van der Waals surface area contributed by atoms with Crippen molar-refractivity contribution in [2.24, 2.45) is 0 Å². The standard InChI is InChI=1S/C75H131N2O7P/c1-7-10-13-16-19-22-25-28-30-32-34-36-37-38-39-41-42-44-46-49-52-55-58-61-64-67-74(78)76-72(71-83-85(80,81)82-70-69-77(4,5)6)73(66-63-60-57-54-51-48-27-24-21-18-15-12-9-3)84-75(79)68-65-62-59-56-53-50-47-45-43-40-35-33-31-29-26-23-20-17-14-11-8-2/h10,13,19-20,22-23,28-31,34-36,38-40,42,44,63,66,72-73H,7-9,11-12,14-18,21,24-27,32-33,37,41,43,45-62,64-65,67-71H2,1-6H3,(H-,76,78,80,81)/p+1/b13-10-,22-19-,23-20-,30-28-,31-29-,36-34-,39-38-,40-35-,44-42-,66-63-. The molecular formula is C75H132N2O7P+. The van der Waals surface area contributed by atoms with Gasteiger partial charge in [0.05, 0.1) is 33.8 Å². The number of hydrogen-bond donors (Lipinski definition) is 2. The summed E-state index contributed by atoms with van der Waals surface area (Å²) in [6, 6.07) is -0.869. The van der Waals surface area contributed by atoms with E-state index in [0.717, 1.165) is 148 Å². The molecule has 0 aliphatic carbocycles. The monoisotopic (exact) mass is 1200 g/mol. The van der Waals surface area contributed by atoms with Gasteiger partial charge in [-0.15, -0.1) is 0 Å². The summed E-state index contributed by atoms with van der Waals surface area (Å²) in [6.07, 6.45) is 89.1. The molecule has 0 saturated heterocycles. The molecule has 0 fully saturated rings. The number of phosphoric ester groups is 1. The third-order valence-corrected chi connectivity index (χ3v) is 15.9. The molecule has 10 heteroatoms. The van der Waals surface area contributed by atoms with E-state index in [4.69, 9.17) is 13.8 Å². The first-order chi connectivity index (χ1) is 41.4. The van der Waals surface area contributed by atoms with E-state index in [1.807, 2.05) is 33.3 Å². The van der Waals surface area contributed by atoms with Crippen LogP contribution >= 0.6 is 7.82 Å². The summed E-state index contributed by atoms with van der Waals surface area (Å²) in [4.78, 5) is 37.9. The van der Waals surface area contributed by atoms with Crippen LogP contribution in [0.1, 0.15) is 290 Å². The number of phosphoric acid groups is 1. The molecule has 3 unspecified atom stereocenters. The number of likely N-dealkylation sites (N-methyl/N-ethyl adjacent to an activating group) is 1. The van der Waals surface area contributed by atoms with Crippen LogP contribution in [0.2, 0.25) is 0 Å². The minimum atomic E-state index is -4.47. The fraction of sp³-hybridized carbons (Fsp3) is 0.707. The van der Waals surface area contributed by atoms with Crippen LogP contribution in [-0.4, -0.2) is 74.3 Å². The molecule has 85 heavy (non-hydrogen) atoms. The van der Waals surface area contributed by atoms with Crippen LogP contribution in [0.25, 0.3) is 0 Å². The van der Waals surface area contributed by atoms with E-state index in [1.54, 1.807) is 0 Å². The van der Waals surface area contributed by atoms with Gasteiger partial charge in [-0.3, -0.25) is 18.6 Å². The number of hydrogen-bond acceptors (Lipinski definition) is 6. The zero-order chi connectivity index (χ0) is 62.1. The number of amides is 1. The molecule has 0 spiro atoms. The highest BCUT2D eigenvalue weighted by atomic mass is 31.2. The molecule has 9 nitrogen and oxygen atoms in total. The third-order valence-electron chi connectivity index (χ3n) is 14.9. The average Bonchev–Trinajstić information content (AvgIpc) is 3.64. The highest BCUT2D eigenvalue weighted by Crippen LogP contribution is 2.43. The van der Waals surface area contributed by atoms with Gasteiger partial charge in [-0.05, 0) is 122 Å². The van der Waals surface area contributed by atoms with Crippen LogP contribution in [0, 0.1) is 0 Å². The highest BCUT2D eigenvalue weighted by Gasteiger charge is 2.30. The molecule has 1 amide bonds. The molecule has 3 atom stereocenters. The number of nitrogens with zero attached hydrogens (tertiary/aromatic N) is 1. The van der Waals surface area contributed by atoms with Crippen molar-refractivity contribution in [3.8, 4) is 0 Å². The Hall–Kier alpha value is -3.59. The zero-order valence-corrected chi connectivity index (χ0v) is 56.7. The smallest absolute Gasteiger partial charge is 0.456 e. The summed E-state index contributed by atoms with van der Waals surface area (Å²) in [6.45, 7) is 6.86. The number of allylic oxidation sites excluding steroid dienone is 19. The number of rotatable bonds is 62. The van der Waals surface area contributed by atoms with E-state index in [1.165, 1.54) is 109 Å². The van der Waals surface area contributed by atoms with E-state index in [2.05, 4.69) is 135 Å². The average molecular weight is 1200 g/mol. The van der Waals surface area contributed by atoms with E-state index in [0.29, 0.717) is 17.4 Å². The summed E-state index contributed by atoms with van der Waals surface area (Å²) in [7, 11) is 1.47. The maximum absolute atomic E-state index is 13.6. The van der Waals surface area contributed by atoms with Gasteiger partial charge >= 0.3 is 13.8 Å². The van der Waals surface area contributed by atoms with Gasteiger partial charge in [-0.2, -0.15) is 0 Å². The summed E-state index contributed by atoms with van der Waals surface area (Å²) in [5.74, 6) is -0.532. The Morgan fingerprint density at radius 2 is 0.753 bits per heavy atom. The number of esters is 1. The molecule has 0 aliphatic heterocycles. The number of carbonyl (C=O) groups excluding carboxylic acids is 2. The second-order valence-electron chi connectivity index (χ2n) is 24.3. The van der Waals surface area contributed by atoms with Crippen molar-refractivity contribution in [1.29, 1.82) is 0 Å². The van der Waals surface area contributed by atoms with Gasteiger partial charge < -0.3 is 19.4 Å². The lowest BCUT2D eigenvalue weighted by atomic mass is 10.0. The molecular weight excluding hydrogens is 1070 g/mol. The van der Waals surface area contributed by atoms with E-state index < -0.39 is 20.0 Å². The Morgan fingerprint density at radius 3 is 1.15 bits per heavy atom.